The maximum absolute atomic E-state index is 12.0. The van der Waals surface area contributed by atoms with Crippen molar-refractivity contribution in [1.29, 1.82) is 0 Å². The van der Waals surface area contributed by atoms with Gasteiger partial charge in [-0.2, -0.15) is 4.39 Å². The maximum atomic E-state index is 12.0. The second-order valence-corrected chi connectivity index (χ2v) is 4.49. The van der Waals surface area contributed by atoms with Crippen LogP contribution >= 0.6 is 34.8 Å². The van der Waals surface area contributed by atoms with Crippen LogP contribution in [-0.2, 0) is 0 Å². The summed E-state index contributed by atoms with van der Waals surface area (Å²) in [6, 6.07) is 0. The summed E-state index contributed by atoms with van der Waals surface area (Å²) in [6.07, 6.45) is 0. The van der Waals surface area contributed by atoms with Gasteiger partial charge in [-0.25, -0.2) is 0 Å². The molecule has 5 heteroatoms. The minimum atomic E-state index is -1.57. The van der Waals surface area contributed by atoms with Crippen molar-refractivity contribution in [2.45, 2.75) is 3.92 Å². The van der Waals surface area contributed by atoms with Gasteiger partial charge in [0.2, 0.25) is 6.80 Å². The van der Waals surface area contributed by atoms with Gasteiger partial charge in [0.1, 0.15) is 0 Å². The van der Waals surface area contributed by atoms with Gasteiger partial charge in [0.15, 0.2) is 0 Å². The van der Waals surface area contributed by atoms with E-state index in [9.17, 15) is 4.39 Å². The van der Waals surface area contributed by atoms with Gasteiger partial charge in [-0.15, -0.1) is 0 Å². The molecular weight excluding hydrogens is 187 g/mol. The monoisotopic (exact) mass is 194 g/mol. The highest BCUT2D eigenvalue weighted by Gasteiger charge is 2.40. The van der Waals surface area contributed by atoms with Crippen LogP contribution in [0.15, 0.2) is 0 Å². The van der Waals surface area contributed by atoms with Crippen LogP contribution in [-0.4, -0.2) is 29.3 Å². The molecule has 0 amide bonds. The summed E-state index contributed by atoms with van der Waals surface area (Å²) in [4.78, 5) is 0. The summed E-state index contributed by atoms with van der Waals surface area (Å²) in [5.41, 5.74) is 0. The molecule has 0 unspecified atom stereocenters. The van der Waals surface area contributed by atoms with E-state index in [2.05, 4.69) is 0 Å². The smallest absolute Gasteiger partial charge is 0.258 e. The summed E-state index contributed by atoms with van der Waals surface area (Å²) in [5, 5.41) is 0. The lowest BCUT2D eigenvalue weighted by Crippen LogP contribution is -2.48. The highest BCUT2D eigenvalue weighted by atomic mass is 35.6. The molecule has 56 valence electrons. The standard InChI is InChI=1S/C4H8Cl3FN/c1-9(2,3-8)4(5,6)7/h3H2,1-2H3/q+1. The molecule has 0 atom stereocenters. The maximum Gasteiger partial charge on any atom is 0.331 e. The fraction of sp³-hybridized carbons (Fsp3) is 1.00. The highest BCUT2D eigenvalue weighted by Crippen LogP contribution is 2.34. The van der Waals surface area contributed by atoms with Crippen molar-refractivity contribution in [2.24, 2.45) is 0 Å². The van der Waals surface area contributed by atoms with E-state index in [0.29, 0.717) is 0 Å². The van der Waals surface area contributed by atoms with E-state index in [1.807, 2.05) is 0 Å². The molecule has 0 aliphatic carbocycles. The lowest BCUT2D eigenvalue weighted by Gasteiger charge is -2.32. The van der Waals surface area contributed by atoms with Crippen LogP contribution in [0.25, 0.3) is 0 Å². The van der Waals surface area contributed by atoms with Gasteiger partial charge < -0.3 is 0 Å². The van der Waals surface area contributed by atoms with Gasteiger partial charge in [0, 0.05) is 0 Å². The first-order chi connectivity index (χ1) is 3.81. The second-order valence-electron chi connectivity index (χ2n) is 2.27. The molecule has 0 aliphatic heterocycles. The third kappa shape index (κ3) is 2.46. The zero-order valence-corrected chi connectivity index (χ0v) is 7.43. The summed E-state index contributed by atoms with van der Waals surface area (Å²) < 4.78 is 10.1. The molecule has 0 aliphatic rings. The molecule has 0 rings (SSSR count). The zero-order valence-electron chi connectivity index (χ0n) is 5.17. The van der Waals surface area contributed by atoms with Gasteiger partial charge >= 0.3 is 3.92 Å². The van der Waals surface area contributed by atoms with E-state index in [4.69, 9.17) is 34.8 Å². The summed E-state index contributed by atoms with van der Waals surface area (Å²) >= 11 is 16.2. The van der Waals surface area contributed by atoms with Crippen LogP contribution in [0.2, 0.25) is 0 Å². The van der Waals surface area contributed by atoms with Crippen LogP contribution in [0.3, 0.4) is 0 Å². The van der Waals surface area contributed by atoms with Crippen LogP contribution in [0, 0.1) is 0 Å². The molecule has 0 aromatic carbocycles. The first-order valence-electron chi connectivity index (χ1n) is 2.27. The van der Waals surface area contributed by atoms with E-state index in [0.717, 1.165) is 0 Å². The largest absolute Gasteiger partial charge is 0.331 e. The highest BCUT2D eigenvalue weighted by molar-refractivity contribution is 6.66. The third-order valence-corrected chi connectivity index (χ3v) is 2.36. The number of quaternary nitrogens is 1. The Hall–Kier alpha value is 0.760. The number of hydrogen-bond acceptors (Lipinski definition) is 0. The Morgan fingerprint density at radius 3 is 1.67 bits per heavy atom. The molecule has 1 nitrogen and oxygen atoms in total. The third-order valence-electron chi connectivity index (χ3n) is 0.985. The van der Waals surface area contributed by atoms with Gasteiger partial charge in [-0.05, 0) is 34.8 Å². The molecule has 0 aromatic heterocycles. The zero-order chi connectivity index (χ0) is 7.71. The van der Waals surface area contributed by atoms with Crippen molar-refractivity contribution >= 4 is 34.8 Å². The van der Waals surface area contributed by atoms with Crippen molar-refractivity contribution in [3.8, 4) is 0 Å². The minimum Gasteiger partial charge on any atom is -0.258 e. The fourth-order valence-corrected chi connectivity index (χ4v) is 0.203. The van der Waals surface area contributed by atoms with E-state index in [1.54, 1.807) is 0 Å². The van der Waals surface area contributed by atoms with Crippen LogP contribution in [0.5, 0.6) is 0 Å². The Morgan fingerprint density at radius 1 is 1.33 bits per heavy atom. The van der Waals surface area contributed by atoms with Crippen LogP contribution in [0.1, 0.15) is 0 Å². The fourth-order valence-electron chi connectivity index (χ4n) is 0.0678. The molecule has 0 fully saturated rings. The van der Waals surface area contributed by atoms with E-state index in [-0.39, 0.29) is 4.48 Å². The van der Waals surface area contributed by atoms with Gasteiger partial charge in [-0.3, -0.25) is 4.48 Å². The van der Waals surface area contributed by atoms with E-state index in [1.165, 1.54) is 14.1 Å². The number of rotatable bonds is 1. The number of hydrogen-bond donors (Lipinski definition) is 0. The lowest BCUT2D eigenvalue weighted by atomic mass is 10.7. The Kier molecular flexibility index (Phi) is 3.02. The molecule has 0 aromatic rings. The number of nitrogens with zero attached hydrogens (tertiary/aromatic N) is 1. The summed E-state index contributed by atoms with van der Waals surface area (Å²) in [5.74, 6) is 0. The van der Waals surface area contributed by atoms with Crippen LogP contribution < -0.4 is 0 Å². The van der Waals surface area contributed by atoms with Crippen molar-refractivity contribution in [2.75, 3.05) is 20.9 Å². The molecule has 0 N–H and O–H groups in total. The van der Waals surface area contributed by atoms with Crippen molar-refractivity contribution in [3.05, 3.63) is 0 Å². The van der Waals surface area contributed by atoms with Crippen LogP contribution in [0.4, 0.5) is 4.39 Å². The average molecular weight is 195 g/mol. The Labute approximate surface area is 68.9 Å². The molecule has 0 saturated carbocycles. The summed E-state index contributed by atoms with van der Waals surface area (Å²) in [7, 11) is 2.99. The molecule has 0 heterocycles. The number of halogens is 4. The molecule has 0 radical (unpaired) electrons. The Bertz CT molecular complexity index is 98.5. The quantitative estimate of drug-likeness (QED) is 0.342. The first kappa shape index (κ1) is 9.76. The molecule has 0 bridgehead atoms. The second kappa shape index (κ2) is 2.79. The molecule has 9 heavy (non-hydrogen) atoms. The van der Waals surface area contributed by atoms with E-state index >= 15 is 0 Å². The Morgan fingerprint density at radius 2 is 1.67 bits per heavy atom. The molecule has 0 saturated heterocycles. The predicted molar refractivity (Wildman–Crippen MR) is 38.4 cm³/mol. The summed E-state index contributed by atoms with van der Waals surface area (Å²) in [6.45, 7) is -0.698. The normalized spacial score (nSPS) is 14.0. The topological polar surface area (TPSA) is 0 Å². The predicted octanol–water partition coefficient (Wildman–Crippen LogP) is 2.32. The first-order valence-corrected chi connectivity index (χ1v) is 3.40. The molecular formula is C4H8Cl3FN+. The molecule has 0 spiro atoms. The van der Waals surface area contributed by atoms with Gasteiger partial charge in [0.05, 0.1) is 14.1 Å². The number of alkyl halides is 4. The Balaban J connectivity index is 4.14. The van der Waals surface area contributed by atoms with Crippen molar-refractivity contribution < 1.29 is 8.87 Å². The minimum absolute atomic E-state index is 0.280. The lowest BCUT2D eigenvalue weighted by molar-refractivity contribution is -0.912. The van der Waals surface area contributed by atoms with Gasteiger partial charge in [0.25, 0.3) is 0 Å². The van der Waals surface area contributed by atoms with Gasteiger partial charge in [-0.1, -0.05) is 0 Å². The van der Waals surface area contributed by atoms with Crippen molar-refractivity contribution in [1.82, 2.24) is 0 Å². The average Bonchev–Trinajstić information content (AvgIpc) is 1.64. The van der Waals surface area contributed by atoms with E-state index < -0.39 is 10.7 Å². The van der Waals surface area contributed by atoms with Crippen molar-refractivity contribution in [3.63, 3.8) is 0 Å². The SMILES string of the molecule is C[N+](C)(CF)C(Cl)(Cl)Cl.